The highest BCUT2D eigenvalue weighted by molar-refractivity contribution is 5.55. The number of allylic oxidation sites excluding steroid dienone is 1. The van der Waals surface area contributed by atoms with Gasteiger partial charge in [0.15, 0.2) is 5.79 Å². The van der Waals surface area contributed by atoms with E-state index >= 15 is 0 Å². The highest BCUT2D eigenvalue weighted by atomic mass is 16.7. The number of ether oxygens (including phenoxy) is 2. The lowest BCUT2D eigenvalue weighted by Gasteiger charge is -2.46. The Kier molecular flexibility index (Phi) is 2.83. The van der Waals surface area contributed by atoms with Crippen LogP contribution in [0, 0.1) is 17.8 Å². The summed E-state index contributed by atoms with van der Waals surface area (Å²) >= 11 is 0. The Bertz CT molecular complexity index is 330. The second-order valence-electron chi connectivity index (χ2n) is 5.62. The molecule has 1 saturated heterocycles. The lowest BCUT2D eigenvalue weighted by molar-refractivity contribution is -0.198. The van der Waals surface area contributed by atoms with Crippen LogP contribution in [0.15, 0.2) is 12.2 Å². The highest BCUT2D eigenvalue weighted by Crippen LogP contribution is 2.50. The molecule has 0 bridgehead atoms. The number of fused-ring (bicyclic) bond motifs is 1. The van der Waals surface area contributed by atoms with E-state index in [2.05, 4.69) is 6.58 Å². The highest BCUT2D eigenvalue weighted by Gasteiger charge is 2.49. The fourth-order valence-electron chi connectivity index (χ4n) is 3.83. The molecule has 0 radical (unpaired) electrons. The van der Waals surface area contributed by atoms with Crippen molar-refractivity contribution in [2.24, 2.45) is 17.8 Å². The molecule has 0 amide bonds. The summed E-state index contributed by atoms with van der Waals surface area (Å²) in [6.45, 7) is 5.58. The van der Waals surface area contributed by atoms with Crippen molar-refractivity contribution in [2.45, 2.75) is 37.9 Å². The van der Waals surface area contributed by atoms with Crippen molar-refractivity contribution in [3.05, 3.63) is 12.2 Å². The zero-order valence-corrected chi connectivity index (χ0v) is 10.2. The molecule has 3 fully saturated rings. The number of hydrogen-bond acceptors (Lipinski definition) is 3. The molecule has 3 atom stereocenters. The van der Waals surface area contributed by atoms with E-state index in [0.717, 1.165) is 38.4 Å². The minimum absolute atomic E-state index is 0.176. The molecule has 17 heavy (non-hydrogen) atoms. The third kappa shape index (κ3) is 1.85. The first-order chi connectivity index (χ1) is 8.24. The van der Waals surface area contributed by atoms with Crippen LogP contribution in [-0.2, 0) is 14.3 Å². The van der Waals surface area contributed by atoms with E-state index in [0.29, 0.717) is 25.0 Å². The van der Waals surface area contributed by atoms with Crippen LogP contribution in [0.1, 0.15) is 32.1 Å². The topological polar surface area (TPSA) is 35.5 Å². The summed E-state index contributed by atoms with van der Waals surface area (Å²) in [5.41, 5.74) is 1.33. The van der Waals surface area contributed by atoms with Crippen molar-refractivity contribution in [1.29, 1.82) is 0 Å². The van der Waals surface area contributed by atoms with Gasteiger partial charge in [-0.1, -0.05) is 12.2 Å². The van der Waals surface area contributed by atoms with Crippen LogP contribution in [0.2, 0.25) is 0 Å². The Morgan fingerprint density at radius 1 is 1.29 bits per heavy atom. The van der Waals surface area contributed by atoms with Gasteiger partial charge >= 0.3 is 0 Å². The van der Waals surface area contributed by atoms with Gasteiger partial charge in [-0.25, -0.2) is 0 Å². The summed E-state index contributed by atoms with van der Waals surface area (Å²) in [7, 11) is 0. The summed E-state index contributed by atoms with van der Waals surface area (Å²) < 4.78 is 11.6. The van der Waals surface area contributed by atoms with Crippen molar-refractivity contribution in [2.75, 3.05) is 13.2 Å². The maximum Gasteiger partial charge on any atom is 0.168 e. The first kappa shape index (κ1) is 11.4. The summed E-state index contributed by atoms with van der Waals surface area (Å²) in [6, 6.07) is 0. The van der Waals surface area contributed by atoms with Gasteiger partial charge in [-0.05, 0) is 31.1 Å². The van der Waals surface area contributed by atoms with E-state index in [4.69, 9.17) is 9.47 Å². The third-order valence-corrected chi connectivity index (χ3v) is 4.76. The van der Waals surface area contributed by atoms with Crippen LogP contribution in [-0.4, -0.2) is 25.3 Å². The molecule has 3 aliphatic rings. The molecule has 3 nitrogen and oxygen atoms in total. The van der Waals surface area contributed by atoms with E-state index in [9.17, 15) is 4.79 Å². The molecule has 0 aromatic rings. The van der Waals surface area contributed by atoms with Gasteiger partial charge < -0.3 is 14.3 Å². The zero-order valence-electron chi connectivity index (χ0n) is 10.2. The smallest absolute Gasteiger partial charge is 0.168 e. The second kappa shape index (κ2) is 4.21. The Hall–Kier alpha value is -0.670. The van der Waals surface area contributed by atoms with Gasteiger partial charge in [-0.3, -0.25) is 0 Å². The molecular weight excluding hydrogens is 216 g/mol. The fraction of sp³-hybridized carbons (Fsp3) is 0.786. The second-order valence-corrected chi connectivity index (χ2v) is 5.62. The number of rotatable bonds is 1. The number of aldehydes is 1. The van der Waals surface area contributed by atoms with Gasteiger partial charge in [0.05, 0.1) is 13.2 Å². The largest absolute Gasteiger partial charge is 0.348 e. The summed E-state index contributed by atoms with van der Waals surface area (Å²) in [5, 5.41) is 0. The lowest BCUT2D eigenvalue weighted by Crippen LogP contribution is -2.45. The monoisotopic (exact) mass is 236 g/mol. The van der Waals surface area contributed by atoms with E-state index in [-0.39, 0.29) is 11.7 Å². The Labute approximate surface area is 102 Å². The lowest BCUT2D eigenvalue weighted by atomic mass is 9.62. The molecule has 0 N–H and O–H groups in total. The molecule has 3 heteroatoms. The van der Waals surface area contributed by atoms with Crippen LogP contribution in [0.25, 0.3) is 0 Å². The van der Waals surface area contributed by atoms with Gasteiger partial charge in [0.1, 0.15) is 6.29 Å². The van der Waals surface area contributed by atoms with Gasteiger partial charge in [-0.15, -0.1) is 0 Å². The Balaban J connectivity index is 1.81. The molecule has 0 aromatic heterocycles. The zero-order chi connectivity index (χ0) is 11.9. The van der Waals surface area contributed by atoms with E-state index < -0.39 is 0 Å². The Morgan fingerprint density at radius 3 is 2.76 bits per heavy atom. The first-order valence-electron chi connectivity index (χ1n) is 6.65. The van der Waals surface area contributed by atoms with Crippen LogP contribution in [0.4, 0.5) is 0 Å². The van der Waals surface area contributed by atoms with Crippen molar-refractivity contribution >= 4 is 6.29 Å². The normalized spacial score (nSPS) is 40.2. The fourth-order valence-corrected chi connectivity index (χ4v) is 3.83. The minimum atomic E-state index is -0.375. The number of carbonyl (C=O) groups excluding carboxylic acids is 1. The third-order valence-electron chi connectivity index (χ3n) is 4.76. The molecule has 94 valence electrons. The maximum absolute atomic E-state index is 11.2. The average molecular weight is 236 g/mol. The predicted octanol–water partition coefficient (Wildman–Crippen LogP) is 2.31. The van der Waals surface area contributed by atoms with Crippen LogP contribution >= 0.6 is 0 Å². The van der Waals surface area contributed by atoms with Crippen molar-refractivity contribution < 1.29 is 14.3 Å². The summed E-state index contributed by atoms with van der Waals surface area (Å²) in [6.07, 6.45) is 6.00. The SMILES string of the molecule is C=C1CC[C@@H](C=O)[C@@H]2CC3(CC[C@@H]12)OCCO3. The van der Waals surface area contributed by atoms with Crippen LogP contribution in [0.5, 0.6) is 0 Å². The molecule has 1 spiro atoms. The van der Waals surface area contributed by atoms with Crippen molar-refractivity contribution in [3.63, 3.8) is 0 Å². The Morgan fingerprint density at radius 2 is 2.06 bits per heavy atom. The van der Waals surface area contributed by atoms with E-state index in [1.54, 1.807) is 0 Å². The van der Waals surface area contributed by atoms with Crippen molar-refractivity contribution in [3.8, 4) is 0 Å². The molecule has 3 rings (SSSR count). The van der Waals surface area contributed by atoms with Crippen LogP contribution < -0.4 is 0 Å². The molecule has 0 aromatic carbocycles. The van der Waals surface area contributed by atoms with Gasteiger partial charge in [-0.2, -0.15) is 0 Å². The van der Waals surface area contributed by atoms with Gasteiger partial charge in [0.2, 0.25) is 0 Å². The van der Waals surface area contributed by atoms with Gasteiger partial charge in [0, 0.05) is 18.8 Å². The van der Waals surface area contributed by atoms with E-state index in [1.807, 2.05) is 0 Å². The standard InChI is InChI=1S/C14H20O3/c1-10-2-3-11(9-15)13-8-14(5-4-12(10)13)16-6-7-17-14/h9,11-13H,1-8H2/t11-,12-,13-/m0/s1. The summed E-state index contributed by atoms with van der Waals surface area (Å²) in [4.78, 5) is 11.2. The van der Waals surface area contributed by atoms with Crippen molar-refractivity contribution in [1.82, 2.24) is 0 Å². The number of hydrogen-bond donors (Lipinski definition) is 0. The maximum atomic E-state index is 11.2. The minimum Gasteiger partial charge on any atom is -0.348 e. The van der Waals surface area contributed by atoms with Gasteiger partial charge in [0.25, 0.3) is 0 Å². The number of carbonyl (C=O) groups is 1. The van der Waals surface area contributed by atoms with E-state index in [1.165, 1.54) is 5.57 Å². The first-order valence-corrected chi connectivity index (χ1v) is 6.65. The molecule has 0 unspecified atom stereocenters. The molecule has 1 heterocycles. The molecule has 1 aliphatic heterocycles. The summed E-state index contributed by atoms with van der Waals surface area (Å²) in [5.74, 6) is 0.702. The quantitative estimate of drug-likeness (QED) is 0.517. The molecule has 2 saturated carbocycles. The average Bonchev–Trinajstić information content (AvgIpc) is 2.78. The molecule has 2 aliphatic carbocycles. The molecular formula is C14H20O3. The predicted molar refractivity (Wildman–Crippen MR) is 63.4 cm³/mol. The van der Waals surface area contributed by atoms with Crippen LogP contribution in [0.3, 0.4) is 0 Å².